The van der Waals surface area contributed by atoms with Crippen LogP contribution in [-0.4, -0.2) is 5.11 Å². The van der Waals surface area contributed by atoms with E-state index in [0.29, 0.717) is 21.2 Å². The summed E-state index contributed by atoms with van der Waals surface area (Å²) in [6.07, 6.45) is 0. The molecule has 0 heterocycles. The topological polar surface area (TPSA) is 20.2 Å². The number of phenolic OH excluding ortho intramolecular Hbond substituents is 1. The Balaban J connectivity index is 2.69. The molecule has 1 radical (unpaired) electrons. The van der Waals surface area contributed by atoms with Crippen molar-refractivity contribution in [1.82, 2.24) is 0 Å². The zero-order valence-electron chi connectivity index (χ0n) is 7.67. The van der Waals surface area contributed by atoms with Gasteiger partial charge in [0, 0.05) is 11.1 Å². The van der Waals surface area contributed by atoms with Gasteiger partial charge in [-0.2, -0.15) is 0 Å². The lowest BCUT2D eigenvalue weighted by atomic mass is 10.0. The van der Waals surface area contributed by atoms with Crippen molar-refractivity contribution in [1.29, 1.82) is 0 Å². The molecule has 1 nitrogen and oxygen atoms in total. The average molecular weight is 238 g/mol. The van der Waals surface area contributed by atoms with Gasteiger partial charge in [0.2, 0.25) is 0 Å². The molecule has 0 aliphatic rings. The molecule has 0 saturated carbocycles. The van der Waals surface area contributed by atoms with E-state index in [-0.39, 0.29) is 5.75 Å². The Kier molecular flexibility index (Phi) is 2.85. The van der Waals surface area contributed by atoms with Crippen LogP contribution in [0.15, 0.2) is 36.4 Å². The van der Waals surface area contributed by atoms with Gasteiger partial charge in [-0.25, -0.2) is 0 Å². The Hall–Kier alpha value is -1.18. The van der Waals surface area contributed by atoms with Crippen LogP contribution in [-0.2, 0) is 0 Å². The highest BCUT2D eigenvalue weighted by atomic mass is 35.5. The smallest absolute Gasteiger partial charge is 0.124 e. The van der Waals surface area contributed by atoms with Crippen LogP contribution in [0.1, 0.15) is 0 Å². The molecule has 0 amide bonds. The Morgan fingerprint density at radius 2 is 1.67 bits per heavy atom. The summed E-state index contributed by atoms with van der Waals surface area (Å²) in [6, 6.07) is 13.1. The fourth-order valence-electron chi connectivity index (χ4n) is 1.36. The van der Waals surface area contributed by atoms with E-state index in [0.717, 1.165) is 0 Å². The highest BCUT2D eigenvalue weighted by Gasteiger charge is 2.11. The Labute approximate surface area is 97.9 Å². The van der Waals surface area contributed by atoms with E-state index in [1.54, 1.807) is 36.4 Å². The number of phenols is 1. The van der Waals surface area contributed by atoms with Crippen LogP contribution in [0.3, 0.4) is 0 Å². The molecule has 0 aromatic heterocycles. The lowest BCUT2D eigenvalue weighted by Crippen LogP contribution is -1.82. The summed E-state index contributed by atoms with van der Waals surface area (Å²) in [6.45, 7) is 0. The highest BCUT2D eigenvalue weighted by Crippen LogP contribution is 2.38. The highest BCUT2D eigenvalue weighted by molar-refractivity contribution is 6.39. The van der Waals surface area contributed by atoms with Gasteiger partial charge in [0.25, 0.3) is 0 Å². The van der Waals surface area contributed by atoms with Gasteiger partial charge in [-0.1, -0.05) is 41.4 Å². The van der Waals surface area contributed by atoms with Crippen molar-refractivity contribution in [3.8, 4) is 16.9 Å². The number of aromatic hydroxyl groups is 1. The third-order valence-electron chi connectivity index (χ3n) is 2.05. The third kappa shape index (κ3) is 1.94. The summed E-state index contributed by atoms with van der Waals surface area (Å²) in [4.78, 5) is 0. The molecule has 0 saturated heterocycles. The fourth-order valence-corrected chi connectivity index (χ4v) is 1.95. The molecule has 15 heavy (non-hydrogen) atoms. The predicted molar refractivity (Wildman–Crippen MR) is 62.4 cm³/mol. The van der Waals surface area contributed by atoms with E-state index in [1.807, 2.05) is 0 Å². The Morgan fingerprint density at radius 3 is 2.27 bits per heavy atom. The molecular weight excluding hydrogens is 231 g/mol. The molecule has 0 atom stereocenters. The summed E-state index contributed by atoms with van der Waals surface area (Å²) < 4.78 is 0. The molecule has 1 N–H and O–H groups in total. The first-order chi connectivity index (χ1) is 7.20. The number of rotatable bonds is 1. The van der Waals surface area contributed by atoms with Crippen molar-refractivity contribution in [3.05, 3.63) is 52.5 Å². The molecule has 0 fully saturated rings. The van der Waals surface area contributed by atoms with E-state index < -0.39 is 0 Å². The van der Waals surface area contributed by atoms with Crippen molar-refractivity contribution >= 4 is 23.2 Å². The first-order valence-electron chi connectivity index (χ1n) is 4.34. The van der Waals surface area contributed by atoms with E-state index in [1.165, 1.54) is 0 Å². The fraction of sp³-hybridized carbons (Fsp3) is 0. The van der Waals surface area contributed by atoms with E-state index in [9.17, 15) is 5.11 Å². The van der Waals surface area contributed by atoms with Crippen LogP contribution in [0.25, 0.3) is 11.1 Å². The first kappa shape index (κ1) is 10.3. The molecule has 0 bridgehead atoms. The van der Waals surface area contributed by atoms with Crippen molar-refractivity contribution in [2.75, 3.05) is 0 Å². The van der Waals surface area contributed by atoms with Gasteiger partial charge in [-0.05, 0) is 24.3 Å². The van der Waals surface area contributed by atoms with E-state index in [4.69, 9.17) is 23.2 Å². The Morgan fingerprint density at radius 1 is 1.00 bits per heavy atom. The summed E-state index contributed by atoms with van der Waals surface area (Å²) in [5, 5.41) is 10.7. The van der Waals surface area contributed by atoms with Crippen LogP contribution in [0.5, 0.6) is 5.75 Å². The number of hydrogen-bond acceptors (Lipinski definition) is 1. The van der Waals surface area contributed by atoms with E-state index >= 15 is 0 Å². The monoisotopic (exact) mass is 237 g/mol. The summed E-state index contributed by atoms with van der Waals surface area (Å²) in [5.41, 5.74) is 1.13. The van der Waals surface area contributed by atoms with Crippen molar-refractivity contribution in [2.24, 2.45) is 0 Å². The first-order valence-corrected chi connectivity index (χ1v) is 5.10. The SMILES string of the molecule is Oc1ccc[c]c1-c1c(Cl)cccc1Cl. The number of benzene rings is 2. The second-order valence-corrected chi connectivity index (χ2v) is 3.84. The normalized spacial score (nSPS) is 10.3. The quantitative estimate of drug-likeness (QED) is 0.790. The molecule has 2 aromatic carbocycles. The molecule has 3 heteroatoms. The van der Waals surface area contributed by atoms with E-state index in [2.05, 4.69) is 6.07 Å². The predicted octanol–water partition coefficient (Wildman–Crippen LogP) is 4.17. The van der Waals surface area contributed by atoms with Gasteiger partial charge in [-0.3, -0.25) is 0 Å². The maximum Gasteiger partial charge on any atom is 0.124 e. The molecule has 2 rings (SSSR count). The minimum Gasteiger partial charge on any atom is -0.507 e. The van der Waals surface area contributed by atoms with Gasteiger partial charge in [-0.15, -0.1) is 0 Å². The van der Waals surface area contributed by atoms with Gasteiger partial charge < -0.3 is 5.11 Å². The van der Waals surface area contributed by atoms with Gasteiger partial charge in [0.1, 0.15) is 5.75 Å². The molecule has 75 valence electrons. The Bertz CT molecular complexity index is 474. The minimum absolute atomic E-state index is 0.118. The minimum atomic E-state index is 0.118. The zero-order chi connectivity index (χ0) is 10.8. The molecule has 0 spiro atoms. The van der Waals surface area contributed by atoms with Crippen LogP contribution in [0.4, 0.5) is 0 Å². The molecule has 0 aliphatic heterocycles. The average Bonchev–Trinajstić information content (AvgIpc) is 2.20. The van der Waals surface area contributed by atoms with Crippen LogP contribution >= 0.6 is 23.2 Å². The van der Waals surface area contributed by atoms with Crippen LogP contribution in [0, 0.1) is 6.07 Å². The van der Waals surface area contributed by atoms with Crippen molar-refractivity contribution < 1.29 is 5.11 Å². The third-order valence-corrected chi connectivity index (χ3v) is 2.68. The van der Waals surface area contributed by atoms with Gasteiger partial charge >= 0.3 is 0 Å². The van der Waals surface area contributed by atoms with Gasteiger partial charge in [0.05, 0.1) is 10.0 Å². The molecular formula is C12H7Cl2O. The molecule has 2 aromatic rings. The standard InChI is InChI=1S/C12H7Cl2O/c13-9-5-3-6-10(14)12(9)8-4-1-2-7-11(8)15/h1-3,5-7,15H. The number of halogens is 2. The maximum absolute atomic E-state index is 9.66. The summed E-state index contributed by atoms with van der Waals surface area (Å²) in [5.74, 6) is 0.118. The largest absolute Gasteiger partial charge is 0.507 e. The summed E-state index contributed by atoms with van der Waals surface area (Å²) in [7, 11) is 0. The van der Waals surface area contributed by atoms with Crippen molar-refractivity contribution in [2.45, 2.75) is 0 Å². The molecule has 0 unspecified atom stereocenters. The second kappa shape index (κ2) is 4.13. The summed E-state index contributed by atoms with van der Waals surface area (Å²) >= 11 is 12.0. The second-order valence-electron chi connectivity index (χ2n) is 3.03. The number of hydrogen-bond donors (Lipinski definition) is 1. The van der Waals surface area contributed by atoms with Crippen molar-refractivity contribution in [3.63, 3.8) is 0 Å². The lowest BCUT2D eigenvalue weighted by molar-refractivity contribution is 0.477. The molecule has 0 aliphatic carbocycles. The van der Waals surface area contributed by atoms with Crippen LogP contribution in [0.2, 0.25) is 10.0 Å². The van der Waals surface area contributed by atoms with Crippen LogP contribution < -0.4 is 0 Å². The zero-order valence-corrected chi connectivity index (χ0v) is 9.18. The van der Waals surface area contributed by atoms with Gasteiger partial charge in [0.15, 0.2) is 0 Å². The maximum atomic E-state index is 9.66. The lowest BCUT2D eigenvalue weighted by Gasteiger charge is -2.07.